The number of carbonyl (C=O) groups excluding carboxylic acids is 1. The minimum Gasteiger partial charge on any atom is -0.477 e. The number of esters is 1. The van der Waals surface area contributed by atoms with Crippen LogP contribution in [0.4, 0.5) is 0 Å². The third kappa shape index (κ3) is 2.35. The number of carbonyl (C=O) groups is 3. The highest BCUT2D eigenvalue weighted by atomic mass is 16.5. The van der Waals surface area contributed by atoms with Gasteiger partial charge >= 0.3 is 17.9 Å². The van der Waals surface area contributed by atoms with E-state index in [0.717, 1.165) is 6.92 Å². The van der Waals surface area contributed by atoms with Crippen LogP contribution in [-0.2, 0) is 16.1 Å². The predicted molar refractivity (Wildman–Crippen MR) is 45.9 cm³/mol. The molecule has 0 aliphatic carbocycles. The number of carboxylic acid groups (broad SMARTS) is 2. The van der Waals surface area contributed by atoms with Crippen molar-refractivity contribution < 1.29 is 33.9 Å². The van der Waals surface area contributed by atoms with Gasteiger partial charge in [0, 0.05) is 6.92 Å². The highest BCUT2D eigenvalue weighted by Crippen LogP contribution is 2.15. The first kappa shape index (κ1) is 11.7. The van der Waals surface area contributed by atoms with Crippen molar-refractivity contribution in [2.75, 3.05) is 0 Å². The first-order valence-electron chi connectivity index (χ1n) is 4.02. The topological polar surface area (TPSA) is 127 Å². The quantitative estimate of drug-likeness (QED) is 0.697. The maximum Gasteiger partial charge on any atom is 0.375 e. The summed E-state index contributed by atoms with van der Waals surface area (Å²) in [5.41, 5.74) is -0.867. The number of carboxylic acids is 2. The van der Waals surface area contributed by atoms with Crippen LogP contribution in [0.25, 0.3) is 0 Å². The Kier molecular flexibility index (Phi) is 3.24. The maximum atomic E-state index is 10.7. The minimum absolute atomic E-state index is 0.250. The average Bonchev–Trinajstić information content (AvgIpc) is 2.57. The third-order valence-electron chi connectivity index (χ3n) is 1.58. The summed E-state index contributed by atoms with van der Waals surface area (Å²) in [6.07, 6.45) is 0. The summed E-state index contributed by atoms with van der Waals surface area (Å²) in [5.74, 6) is -4.51. The van der Waals surface area contributed by atoms with Crippen molar-refractivity contribution in [3.8, 4) is 0 Å². The van der Waals surface area contributed by atoms with Crippen molar-refractivity contribution in [2.45, 2.75) is 13.5 Å². The van der Waals surface area contributed by atoms with Gasteiger partial charge in [-0.1, -0.05) is 5.16 Å². The molecular formula is C8H7NO7. The fourth-order valence-corrected chi connectivity index (χ4v) is 0.958. The Morgan fingerprint density at radius 1 is 1.31 bits per heavy atom. The van der Waals surface area contributed by atoms with Crippen LogP contribution in [0.1, 0.15) is 33.5 Å². The molecule has 0 aromatic carbocycles. The molecule has 8 nitrogen and oxygen atoms in total. The molecular weight excluding hydrogens is 222 g/mol. The third-order valence-corrected chi connectivity index (χ3v) is 1.58. The zero-order valence-electron chi connectivity index (χ0n) is 8.09. The van der Waals surface area contributed by atoms with Gasteiger partial charge in [-0.3, -0.25) is 4.79 Å². The van der Waals surface area contributed by atoms with Crippen molar-refractivity contribution >= 4 is 17.9 Å². The second kappa shape index (κ2) is 4.43. The van der Waals surface area contributed by atoms with E-state index in [1.165, 1.54) is 0 Å². The largest absolute Gasteiger partial charge is 0.477 e. The van der Waals surface area contributed by atoms with Gasteiger partial charge in [-0.2, -0.15) is 0 Å². The van der Waals surface area contributed by atoms with Crippen LogP contribution in [0.15, 0.2) is 4.52 Å². The van der Waals surface area contributed by atoms with Gasteiger partial charge in [0.1, 0.15) is 17.9 Å². The lowest BCUT2D eigenvalue weighted by atomic mass is 10.2. The van der Waals surface area contributed by atoms with E-state index in [1.807, 2.05) is 0 Å². The fraction of sp³-hybridized carbons (Fsp3) is 0.250. The number of hydrogen-bond donors (Lipinski definition) is 2. The summed E-state index contributed by atoms with van der Waals surface area (Å²) in [5, 5.41) is 20.6. The van der Waals surface area contributed by atoms with Crippen molar-refractivity contribution in [1.82, 2.24) is 5.16 Å². The molecule has 16 heavy (non-hydrogen) atoms. The van der Waals surface area contributed by atoms with Gasteiger partial charge in [0.2, 0.25) is 0 Å². The number of hydrogen-bond acceptors (Lipinski definition) is 6. The molecule has 1 rings (SSSR count). The van der Waals surface area contributed by atoms with Gasteiger partial charge in [-0.05, 0) is 0 Å². The van der Waals surface area contributed by atoms with E-state index in [9.17, 15) is 14.4 Å². The summed E-state index contributed by atoms with van der Waals surface area (Å²) in [6.45, 7) is 0.673. The number of aromatic nitrogens is 1. The van der Waals surface area contributed by atoms with E-state index in [4.69, 9.17) is 10.2 Å². The normalized spacial score (nSPS) is 9.81. The van der Waals surface area contributed by atoms with Crippen LogP contribution in [0, 0.1) is 0 Å². The Balaban J connectivity index is 3.05. The van der Waals surface area contributed by atoms with E-state index in [-0.39, 0.29) is 5.69 Å². The number of nitrogens with zero attached hydrogens (tertiary/aromatic N) is 1. The molecule has 0 atom stereocenters. The van der Waals surface area contributed by atoms with Crippen LogP contribution in [0.3, 0.4) is 0 Å². The lowest BCUT2D eigenvalue weighted by Gasteiger charge is -1.98. The Bertz CT molecular complexity index is 447. The summed E-state index contributed by atoms with van der Waals surface area (Å²) in [4.78, 5) is 31.8. The van der Waals surface area contributed by atoms with Gasteiger partial charge in [-0.25, -0.2) is 9.59 Å². The lowest BCUT2D eigenvalue weighted by Crippen LogP contribution is -2.09. The monoisotopic (exact) mass is 229 g/mol. The van der Waals surface area contributed by atoms with Crippen molar-refractivity contribution in [1.29, 1.82) is 0 Å². The minimum atomic E-state index is -1.56. The second-order valence-corrected chi connectivity index (χ2v) is 2.72. The highest BCUT2D eigenvalue weighted by molar-refractivity contribution is 6.00. The molecule has 0 fully saturated rings. The van der Waals surface area contributed by atoms with Crippen molar-refractivity contribution in [2.24, 2.45) is 0 Å². The Labute approximate surface area is 88.4 Å². The van der Waals surface area contributed by atoms with Crippen LogP contribution >= 0.6 is 0 Å². The van der Waals surface area contributed by atoms with E-state index in [0.29, 0.717) is 0 Å². The Hall–Kier alpha value is -2.38. The van der Waals surface area contributed by atoms with E-state index >= 15 is 0 Å². The first-order chi connectivity index (χ1) is 7.43. The Morgan fingerprint density at radius 3 is 2.38 bits per heavy atom. The van der Waals surface area contributed by atoms with Crippen LogP contribution in [0.2, 0.25) is 0 Å². The molecule has 0 unspecified atom stereocenters. The van der Waals surface area contributed by atoms with E-state index in [2.05, 4.69) is 14.4 Å². The molecule has 0 amide bonds. The van der Waals surface area contributed by atoms with Crippen molar-refractivity contribution in [3.63, 3.8) is 0 Å². The second-order valence-electron chi connectivity index (χ2n) is 2.72. The van der Waals surface area contributed by atoms with Crippen molar-refractivity contribution in [3.05, 3.63) is 17.0 Å². The molecule has 1 aromatic heterocycles. The number of aromatic carboxylic acids is 2. The SMILES string of the molecule is CC(=O)OCc1noc(C(=O)O)c1C(=O)O. The molecule has 1 heterocycles. The predicted octanol–water partition coefficient (Wildman–Crippen LogP) is 0.134. The fourth-order valence-electron chi connectivity index (χ4n) is 0.958. The molecule has 0 aliphatic heterocycles. The molecule has 8 heteroatoms. The molecule has 86 valence electrons. The molecule has 0 aliphatic rings. The molecule has 0 radical (unpaired) electrons. The van der Waals surface area contributed by atoms with Gasteiger partial charge in [-0.15, -0.1) is 0 Å². The smallest absolute Gasteiger partial charge is 0.375 e. The highest BCUT2D eigenvalue weighted by Gasteiger charge is 2.27. The summed E-state index contributed by atoms with van der Waals surface area (Å²) >= 11 is 0. The molecule has 1 aromatic rings. The molecule has 2 N–H and O–H groups in total. The van der Waals surface area contributed by atoms with E-state index < -0.39 is 35.8 Å². The maximum absolute atomic E-state index is 10.7. The van der Waals surface area contributed by atoms with Crippen LogP contribution in [-0.4, -0.2) is 33.3 Å². The summed E-state index contributed by atoms with van der Waals surface area (Å²) in [6, 6.07) is 0. The summed E-state index contributed by atoms with van der Waals surface area (Å²) in [7, 11) is 0. The standard InChI is InChI=1S/C8H7NO7/c1-3(10)15-2-4-5(7(11)12)6(8(13)14)16-9-4/h2H2,1H3,(H,11,12)(H,13,14). The van der Waals surface area contributed by atoms with Gasteiger partial charge in [0.05, 0.1) is 0 Å². The van der Waals surface area contributed by atoms with E-state index in [1.54, 1.807) is 0 Å². The van der Waals surface area contributed by atoms with Gasteiger partial charge in [0.25, 0.3) is 5.76 Å². The van der Waals surface area contributed by atoms with Gasteiger partial charge < -0.3 is 19.5 Å². The number of rotatable bonds is 4. The molecule has 0 saturated carbocycles. The molecule has 0 bridgehead atoms. The average molecular weight is 229 g/mol. The molecule has 0 saturated heterocycles. The summed E-state index contributed by atoms with van der Waals surface area (Å²) < 4.78 is 8.82. The Morgan fingerprint density at radius 2 is 1.94 bits per heavy atom. The zero-order chi connectivity index (χ0) is 12.3. The van der Waals surface area contributed by atoms with Crippen LogP contribution < -0.4 is 0 Å². The van der Waals surface area contributed by atoms with Gasteiger partial charge in [0.15, 0.2) is 0 Å². The lowest BCUT2D eigenvalue weighted by molar-refractivity contribution is -0.142. The zero-order valence-corrected chi connectivity index (χ0v) is 8.09. The first-order valence-corrected chi connectivity index (χ1v) is 4.02. The number of ether oxygens (including phenoxy) is 1. The van der Waals surface area contributed by atoms with Crippen LogP contribution in [0.5, 0.6) is 0 Å². The molecule has 0 spiro atoms.